The van der Waals surface area contributed by atoms with Crippen LogP contribution in [0.1, 0.15) is 19.6 Å². The molecule has 0 bridgehead atoms. The lowest BCUT2D eigenvalue weighted by molar-refractivity contribution is -0.118. The van der Waals surface area contributed by atoms with E-state index in [1.165, 1.54) is 11.8 Å². The average molecular weight is 401 g/mol. The summed E-state index contributed by atoms with van der Waals surface area (Å²) in [4.78, 5) is 12.1. The van der Waals surface area contributed by atoms with Crippen LogP contribution in [0.25, 0.3) is 11.4 Å². The maximum Gasteiger partial charge on any atom is 0.230 e. The molecule has 0 atom stereocenters. The summed E-state index contributed by atoms with van der Waals surface area (Å²) in [6.45, 7) is 5.43. The first-order valence-electron chi connectivity index (χ1n) is 9.06. The fourth-order valence-electron chi connectivity index (χ4n) is 2.66. The van der Waals surface area contributed by atoms with E-state index in [9.17, 15) is 4.79 Å². The van der Waals surface area contributed by atoms with Gasteiger partial charge in [-0.15, -0.1) is 10.2 Å². The van der Waals surface area contributed by atoms with Gasteiger partial charge in [-0.1, -0.05) is 25.6 Å². The number of thioether (sulfide) groups is 1. The van der Waals surface area contributed by atoms with E-state index in [-0.39, 0.29) is 11.7 Å². The highest BCUT2D eigenvalue weighted by Crippen LogP contribution is 2.26. The van der Waals surface area contributed by atoms with Gasteiger partial charge in [0.05, 0.1) is 25.7 Å². The van der Waals surface area contributed by atoms with Crippen molar-refractivity contribution in [1.82, 2.24) is 20.1 Å². The maximum atomic E-state index is 12.1. The number of aromatic nitrogens is 3. The summed E-state index contributed by atoms with van der Waals surface area (Å²) in [5.74, 6) is 2.91. The van der Waals surface area contributed by atoms with Crippen LogP contribution in [0.4, 0.5) is 0 Å². The summed E-state index contributed by atoms with van der Waals surface area (Å²) >= 11 is 1.38. The minimum absolute atomic E-state index is 0.0773. The molecule has 0 saturated heterocycles. The third-order valence-corrected chi connectivity index (χ3v) is 4.95. The lowest BCUT2D eigenvalue weighted by Gasteiger charge is -2.12. The predicted molar refractivity (Wildman–Crippen MR) is 108 cm³/mol. The standard InChI is InChI=1S/C20H24N4O3S/c1-14(2)12-24-19(15-6-8-16(26-3)9-7-15)22-23-20(24)28-13-18(25)21-11-17-5-4-10-27-17/h4-10,14H,11-13H2,1-3H3,(H,21,25). The molecule has 148 valence electrons. The topological polar surface area (TPSA) is 82.2 Å². The number of nitrogens with one attached hydrogen (secondary N) is 1. The summed E-state index contributed by atoms with van der Waals surface area (Å²) in [5.41, 5.74) is 0.961. The smallest absolute Gasteiger partial charge is 0.230 e. The van der Waals surface area contributed by atoms with Crippen molar-refractivity contribution in [2.24, 2.45) is 5.92 Å². The van der Waals surface area contributed by atoms with E-state index in [1.54, 1.807) is 19.4 Å². The van der Waals surface area contributed by atoms with E-state index < -0.39 is 0 Å². The monoisotopic (exact) mass is 400 g/mol. The van der Waals surface area contributed by atoms with E-state index >= 15 is 0 Å². The molecule has 0 aliphatic carbocycles. The molecule has 3 rings (SSSR count). The molecular formula is C20H24N4O3S. The van der Waals surface area contributed by atoms with Crippen molar-refractivity contribution >= 4 is 17.7 Å². The number of hydrogen-bond donors (Lipinski definition) is 1. The van der Waals surface area contributed by atoms with Crippen LogP contribution in [-0.2, 0) is 17.9 Å². The summed E-state index contributed by atoms with van der Waals surface area (Å²) in [5, 5.41) is 12.3. The molecule has 0 spiro atoms. The van der Waals surface area contributed by atoms with Crippen LogP contribution in [-0.4, -0.2) is 33.5 Å². The van der Waals surface area contributed by atoms with Gasteiger partial charge in [-0.2, -0.15) is 0 Å². The van der Waals surface area contributed by atoms with Crippen molar-refractivity contribution in [1.29, 1.82) is 0 Å². The number of ether oxygens (including phenoxy) is 1. The molecule has 3 aromatic rings. The summed E-state index contributed by atoms with van der Waals surface area (Å²) in [7, 11) is 1.64. The number of rotatable bonds is 9. The summed E-state index contributed by atoms with van der Waals surface area (Å²) in [6.07, 6.45) is 1.59. The van der Waals surface area contributed by atoms with Gasteiger partial charge in [0, 0.05) is 12.1 Å². The predicted octanol–water partition coefficient (Wildman–Crippen LogP) is 3.61. The highest BCUT2D eigenvalue weighted by molar-refractivity contribution is 7.99. The van der Waals surface area contributed by atoms with Gasteiger partial charge in [0.1, 0.15) is 11.5 Å². The number of amides is 1. The second-order valence-electron chi connectivity index (χ2n) is 6.68. The van der Waals surface area contributed by atoms with Crippen LogP contribution in [0.5, 0.6) is 5.75 Å². The first kappa shape index (κ1) is 20.0. The molecule has 2 aromatic heterocycles. The molecule has 2 heterocycles. The van der Waals surface area contributed by atoms with Crippen LogP contribution in [0.15, 0.2) is 52.2 Å². The Labute approximate surface area is 168 Å². The van der Waals surface area contributed by atoms with Crippen molar-refractivity contribution in [3.8, 4) is 17.1 Å². The number of furan rings is 1. The highest BCUT2D eigenvalue weighted by Gasteiger charge is 2.17. The van der Waals surface area contributed by atoms with Crippen LogP contribution in [0.3, 0.4) is 0 Å². The molecule has 0 aliphatic heterocycles. The Kier molecular flexibility index (Phi) is 6.76. The fraction of sp³-hybridized carbons (Fsp3) is 0.350. The van der Waals surface area contributed by atoms with Crippen LogP contribution < -0.4 is 10.1 Å². The molecule has 0 radical (unpaired) electrons. The van der Waals surface area contributed by atoms with Gasteiger partial charge in [-0.05, 0) is 42.3 Å². The summed E-state index contributed by atoms with van der Waals surface area (Å²) in [6, 6.07) is 11.4. The second kappa shape index (κ2) is 9.45. The van der Waals surface area contributed by atoms with Crippen molar-refractivity contribution in [3.63, 3.8) is 0 Å². The third-order valence-electron chi connectivity index (χ3n) is 3.99. The zero-order valence-electron chi connectivity index (χ0n) is 16.2. The van der Waals surface area contributed by atoms with E-state index in [2.05, 4.69) is 33.9 Å². The number of carbonyl (C=O) groups excluding carboxylic acids is 1. The van der Waals surface area contributed by atoms with Crippen LogP contribution in [0, 0.1) is 5.92 Å². The van der Waals surface area contributed by atoms with Gasteiger partial charge >= 0.3 is 0 Å². The van der Waals surface area contributed by atoms with E-state index in [0.29, 0.717) is 12.5 Å². The molecule has 0 aliphatic rings. The first-order valence-corrected chi connectivity index (χ1v) is 10.0. The zero-order valence-corrected chi connectivity index (χ0v) is 17.0. The molecule has 1 amide bonds. The minimum atomic E-state index is -0.0773. The van der Waals surface area contributed by atoms with Gasteiger partial charge in [-0.3, -0.25) is 4.79 Å². The second-order valence-corrected chi connectivity index (χ2v) is 7.63. The Balaban J connectivity index is 1.69. The largest absolute Gasteiger partial charge is 0.497 e. The molecule has 28 heavy (non-hydrogen) atoms. The van der Waals surface area contributed by atoms with Crippen molar-refractivity contribution in [3.05, 3.63) is 48.4 Å². The third kappa shape index (κ3) is 5.16. The average Bonchev–Trinajstić information content (AvgIpc) is 3.34. The Morgan fingerprint density at radius 2 is 2.04 bits per heavy atom. The number of benzene rings is 1. The SMILES string of the molecule is COc1ccc(-c2nnc(SCC(=O)NCc3ccco3)n2CC(C)C)cc1. The Hall–Kier alpha value is -2.74. The Morgan fingerprint density at radius 3 is 2.68 bits per heavy atom. The number of methoxy groups -OCH3 is 1. The zero-order chi connectivity index (χ0) is 19.9. The maximum absolute atomic E-state index is 12.1. The van der Waals surface area contributed by atoms with Crippen molar-refractivity contribution in [2.45, 2.75) is 32.1 Å². The van der Waals surface area contributed by atoms with Crippen LogP contribution in [0.2, 0.25) is 0 Å². The summed E-state index contributed by atoms with van der Waals surface area (Å²) < 4.78 is 12.5. The highest BCUT2D eigenvalue weighted by atomic mass is 32.2. The van der Waals surface area contributed by atoms with E-state index in [4.69, 9.17) is 9.15 Å². The van der Waals surface area contributed by atoms with Gasteiger partial charge in [0.2, 0.25) is 5.91 Å². The van der Waals surface area contributed by atoms with Gasteiger partial charge in [-0.25, -0.2) is 0 Å². The Bertz CT molecular complexity index is 889. The number of hydrogen-bond acceptors (Lipinski definition) is 6. The lowest BCUT2D eigenvalue weighted by atomic mass is 10.2. The van der Waals surface area contributed by atoms with Gasteiger partial charge in [0.25, 0.3) is 0 Å². The molecule has 0 fully saturated rings. The molecule has 0 unspecified atom stereocenters. The quantitative estimate of drug-likeness (QED) is 0.553. The molecule has 0 saturated carbocycles. The number of carbonyl (C=O) groups is 1. The molecular weight excluding hydrogens is 376 g/mol. The first-order chi connectivity index (χ1) is 13.6. The Morgan fingerprint density at radius 1 is 1.25 bits per heavy atom. The lowest BCUT2D eigenvalue weighted by Crippen LogP contribution is -2.24. The normalized spacial score (nSPS) is 11.0. The molecule has 1 aromatic carbocycles. The molecule has 8 heteroatoms. The molecule has 1 N–H and O–H groups in total. The van der Waals surface area contributed by atoms with Crippen molar-refractivity contribution in [2.75, 3.05) is 12.9 Å². The fourth-order valence-corrected chi connectivity index (χ4v) is 3.44. The van der Waals surface area contributed by atoms with E-state index in [1.807, 2.05) is 30.3 Å². The molecule has 7 nitrogen and oxygen atoms in total. The number of nitrogens with zero attached hydrogens (tertiary/aromatic N) is 3. The minimum Gasteiger partial charge on any atom is -0.497 e. The van der Waals surface area contributed by atoms with E-state index in [0.717, 1.165) is 34.6 Å². The van der Waals surface area contributed by atoms with Crippen LogP contribution >= 0.6 is 11.8 Å². The van der Waals surface area contributed by atoms with Gasteiger partial charge in [0.15, 0.2) is 11.0 Å². The van der Waals surface area contributed by atoms with Gasteiger partial charge < -0.3 is 19.0 Å². The van der Waals surface area contributed by atoms with Crippen molar-refractivity contribution < 1.29 is 13.9 Å².